The summed E-state index contributed by atoms with van der Waals surface area (Å²) >= 11 is 0. The molecule has 1 N–H and O–H groups in total. The van der Waals surface area contributed by atoms with E-state index in [-0.39, 0.29) is 12.5 Å². The average molecular weight is 422 g/mol. The van der Waals surface area contributed by atoms with E-state index in [0.29, 0.717) is 6.54 Å². The zero-order chi connectivity index (χ0) is 21.8. The fourth-order valence-electron chi connectivity index (χ4n) is 3.75. The SMILES string of the molecule is O=C(Cn1nnc2ccccc21)NCc1ccccc1-c1ccc(Cn2cccn2)cc1. The van der Waals surface area contributed by atoms with Crippen molar-refractivity contribution in [1.29, 1.82) is 0 Å². The van der Waals surface area contributed by atoms with Gasteiger partial charge in [0.25, 0.3) is 0 Å². The van der Waals surface area contributed by atoms with Crippen LogP contribution in [0.3, 0.4) is 0 Å². The Bertz CT molecular complexity index is 1340. The second-order valence-corrected chi connectivity index (χ2v) is 7.57. The summed E-state index contributed by atoms with van der Waals surface area (Å²) < 4.78 is 3.52. The monoisotopic (exact) mass is 422 g/mol. The van der Waals surface area contributed by atoms with Crippen LogP contribution in [-0.4, -0.2) is 30.7 Å². The molecule has 0 saturated carbocycles. The molecule has 2 aromatic heterocycles. The second-order valence-electron chi connectivity index (χ2n) is 7.57. The zero-order valence-corrected chi connectivity index (χ0v) is 17.4. The van der Waals surface area contributed by atoms with Crippen molar-refractivity contribution in [3.63, 3.8) is 0 Å². The Morgan fingerprint density at radius 1 is 0.906 bits per heavy atom. The first-order valence-corrected chi connectivity index (χ1v) is 10.5. The number of nitrogens with zero attached hydrogens (tertiary/aromatic N) is 5. The zero-order valence-electron chi connectivity index (χ0n) is 17.4. The van der Waals surface area contributed by atoms with E-state index >= 15 is 0 Å². The smallest absolute Gasteiger partial charge is 0.242 e. The number of benzene rings is 3. The fourth-order valence-corrected chi connectivity index (χ4v) is 3.75. The largest absolute Gasteiger partial charge is 0.350 e. The molecule has 7 nitrogen and oxygen atoms in total. The van der Waals surface area contributed by atoms with E-state index in [2.05, 4.69) is 51.1 Å². The summed E-state index contributed by atoms with van der Waals surface area (Å²) in [6.07, 6.45) is 3.73. The van der Waals surface area contributed by atoms with Crippen LogP contribution in [0, 0.1) is 0 Å². The van der Waals surface area contributed by atoms with E-state index in [1.54, 1.807) is 10.9 Å². The molecular weight excluding hydrogens is 400 g/mol. The van der Waals surface area contributed by atoms with E-state index < -0.39 is 0 Å². The van der Waals surface area contributed by atoms with Gasteiger partial charge in [0.2, 0.25) is 5.91 Å². The predicted octanol–water partition coefficient (Wildman–Crippen LogP) is 3.66. The molecule has 0 bridgehead atoms. The molecule has 0 unspecified atom stereocenters. The summed E-state index contributed by atoms with van der Waals surface area (Å²) in [7, 11) is 0. The third-order valence-electron chi connectivity index (χ3n) is 5.38. The molecule has 0 radical (unpaired) electrons. The summed E-state index contributed by atoms with van der Waals surface area (Å²) in [5, 5.41) is 15.5. The van der Waals surface area contributed by atoms with Gasteiger partial charge in [-0.25, -0.2) is 4.68 Å². The van der Waals surface area contributed by atoms with E-state index in [4.69, 9.17) is 0 Å². The summed E-state index contributed by atoms with van der Waals surface area (Å²) in [5.74, 6) is -0.106. The Morgan fingerprint density at radius 3 is 2.56 bits per heavy atom. The number of carbonyl (C=O) groups excluding carboxylic acids is 1. The highest BCUT2D eigenvalue weighted by molar-refractivity contribution is 5.80. The topological polar surface area (TPSA) is 77.6 Å². The quantitative estimate of drug-likeness (QED) is 0.434. The van der Waals surface area contributed by atoms with Crippen LogP contribution in [0.2, 0.25) is 0 Å². The van der Waals surface area contributed by atoms with Crippen LogP contribution in [0.4, 0.5) is 0 Å². The molecule has 0 aliphatic carbocycles. The van der Waals surface area contributed by atoms with Gasteiger partial charge in [0.05, 0.1) is 12.1 Å². The first kappa shape index (κ1) is 19.7. The van der Waals surface area contributed by atoms with Gasteiger partial charge in [-0.2, -0.15) is 5.10 Å². The number of hydrogen-bond donors (Lipinski definition) is 1. The molecule has 5 rings (SSSR count). The number of hydrogen-bond acceptors (Lipinski definition) is 4. The van der Waals surface area contributed by atoms with Crippen molar-refractivity contribution in [1.82, 2.24) is 30.1 Å². The van der Waals surface area contributed by atoms with Gasteiger partial charge in [-0.1, -0.05) is 65.9 Å². The van der Waals surface area contributed by atoms with Crippen molar-refractivity contribution in [3.05, 3.63) is 102 Å². The highest BCUT2D eigenvalue weighted by atomic mass is 16.2. The van der Waals surface area contributed by atoms with Crippen molar-refractivity contribution in [2.24, 2.45) is 0 Å². The minimum absolute atomic E-state index is 0.106. The molecule has 5 aromatic rings. The second kappa shape index (κ2) is 8.85. The Balaban J connectivity index is 1.26. The first-order valence-electron chi connectivity index (χ1n) is 10.5. The minimum Gasteiger partial charge on any atom is -0.350 e. The molecule has 7 heteroatoms. The first-order chi connectivity index (χ1) is 15.8. The van der Waals surface area contributed by atoms with Gasteiger partial charge in [-0.05, 0) is 40.5 Å². The van der Waals surface area contributed by atoms with Crippen LogP contribution >= 0.6 is 0 Å². The number of para-hydroxylation sites is 1. The van der Waals surface area contributed by atoms with Gasteiger partial charge < -0.3 is 5.32 Å². The van der Waals surface area contributed by atoms with E-state index in [9.17, 15) is 4.79 Å². The Hall–Kier alpha value is -4.26. The molecule has 0 spiro atoms. The molecule has 0 fully saturated rings. The molecule has 0 saturated heterocycles. The summed E-state index contributed by atoms with van der Waals surface area (Å²) in [5.41, 5.74) is 6.08. The fraction of sp³-hybridized carbons (Fsp3) is 0.120. The molecule has 3 aromatic carbocycles. The van der Waals surface area contributed by atoms with Crippen LogP contribution < -0.4 is 5.32 Å². The molecule has 0 atom stereocenters. The third kappa shape index (κ3) is 4.27. The maximum absolute atomic E-state index is 12.6. The van der Waals surface area contributed by atoms with Crippen LogP contribution in [0.1, 0.15) is 11.1 Å². The molecule has 0 aliphatic heterocycles. The number of aromatic nitrogens is 5. The molecule has 1 amide bonds. The Kier molecular flexibility index (Phi) is 5.45. The van der Waals surface area contributed by atoms with Crippen LogP contribution in [-0.2, 0) is 24.4 Å². The van der Waals surface area contributed by atoms with Crippen molar-refractivity contribution in [3.8, 4) is 11.1 Å². The number of nitrogens with one attached hydrogen (secondary N) is 1. The van der Waals surface area contributed by atoms with E-state index in [1.165, 1.54) is 5.56 Å². The Labute approximate surface area is 185 Å². The van der Waals surface area contributed by atoms with Crippen molar-refractivity contribution in [2.75, 3.05) is 0 Å². The number of fused-ring (bicyclic) bond motifs is 1. The van der Waals surface area contributed by atoms with Crippen molar-refractivity contribution >= 4 is 16.9 Å². The number of amides is 1. The van der Waals surface area contributed by atoms with Gasteiger partial charge in [0, 0.05) is 18.9 Å². The number of carbonyl (C=O) groups is 1. The van der Waals surface area contributed by atoms with E-state index in [1.807, 2.05) is 59.4 Å². The van der Waals surface area contributed by atoms with Crippen LogP contribution in [0.15, 0.2) is 91.3 Å². The third-order valence-corrected chi connectivity index (χ3v) is 5.38. The minimum atomic E-state index is -0.106. The maximum atomic E-state index is 12.6. The average Bonchev–Trinajstić information content (AvgIpc) is 3.49. The molecular formula is C25H22N6O. The van der Waals surface area contributed by atoms with Gasteiger partial charge in [0.1, 0.15) is 12.1 Å². The molecule has 0 aliphatic rings. The summed E-state index contributed by atoms with van der Waals surface area (Å²) in [6.45, 7) is 1.31. The van der Waals surface area contributed by atoms with Gasteiger partial charge in [-0.3, -0.25) is 9.48 Å². The molecule has 32 heavy (non-hydrogen) atoms. The normalized spacial score (nSPS) is 11.0. The van der Waals surface area contributed by atoms with Crippen molar-refractivity contribution < 1.29 is 4.79 Å². The lowest BCUT2D eigenvalue weighted by Crippen LogP contribution is -2.27. The highest BCUT2D eigenvalue weighted by Gasteiger charge is 2.10. The van der Waals surface area contributed by atoms with Gasteiger partial charge >= 0.3 is 0 Å². The van der Waals surface area contributed by atoms with Crippen molar-refractivity contribution in [2.45, 2.75) is 19.6 Å². The summed E-state index contributed by atoms with van der Waals surface area (Å²) in [4.78, 5) is 12.6. The van der Waals surface area contributed by atoms with Crippen LogP contribution in [0.25, 0.3) is 22.2 Å². The lowest BCUT2D eigenvalue weighted by Gasteiger charge is -2.12. The van der Waals surface area contributed by atoms with E-state index in [0.717, 1.165) is 34.3 Å². The Morgan fingerprint density at radius 2 is 1.72 bits per heavy atom. The molecule has 158 valence electrons. The lowest BCUT2D eigenvalue weighted by molar-refractivity contribution is -0.121. The predicted molar refractivity (Wildman–Crippen MR) is 123 cm³/mol. The highest BCUT2D eigenvalue weighted by Crippen LogP contribution is 2.24. The molecule has 2 heterocycles. The maximum Gasteiger partial charge on any atom is 0.242 e. The van der Waals surface area contributed by atoms with Gasteiger partial charge in [-0.15, -0.1) is 5.10 Å². The number of rotatable bonds is 7. The summed E-state index contributed by atoms with van der Waals surface area (Å²) in [6, 6.07) is 26.1. The van der Waals surface area contributed by atoms with Crippen LogP contribution in [0.5, 0.6) is 0 Å². The lowest BCUT2D eigenvalue weighted by atomic mass is 9.98. The van der Waals surface area contributed by atoms with Gasteiger partial charge in [0.15, 0.2) is 0 Å². The standard InChI is InChI=1S/C25H22N6O/c32-25(18-31-24-9-4-3-8-23(24)28-29-31)26-16-21-6-1-2-7-22(21)20-12-10-19(11-13-20)17-30-15-5-14-27-30/h1-15H,16-18H2,(H,26,32).